The Kier molecular flexibility index (Phi) is 4.07. The molecular formula is C15H17BrN4O. The van der Waals surface area contributed by atoms with Crippen LogP contribution in [0.25, 0.3) is 0 Å². The molecule has 0 aliphatic carbocycles. The topological polar surface area (TPSA) is 64.3 Å². The first-order valence-electron chi connectivity index (χ1n) is 6.80. The Bertz CT molecular complexity index is 662. The number of fused-ring (bicyclic) bond motifs is 1. The third-order valence-electron chi connectivity index (χ3n) is 3.76. The van der Waals surface area contributed by atoms with E-state index in [4.69, 9.17) is 10.5 Å². The van der Waals surface area contributed by atoms with Gasteiger partial charge >= 0.3 is 0 Å². The van der Waals surface area contributed by atoms with Crippen molar-refractivity contribution in [2.75, 3.05) is 19.4 Å². The number of methoxy groups -OCH3 is 1. The molecule has 5 nitrogen and oxygen atoms in total. The van der Waals surface area contributed by atoms with Crippen LogP contribution in [0.1, 0.15) is 16.8 Å². The average molecular weight is 349 g/mol. The minimum Gasteiger partial charge on any atom is -0.496 e. The zero-order chi connectivity index (χ0) is 14.8. The maximum atomic E-state index is 5.91. The number of aromatic nitrogens is 2. The number of nitrogen functional groups attached to an aromatic ring is 1. The number of hydrogen-bond donors (Lipinski definition) is 1. The molecule has 0 saturated carbocycles. The van der Waals surface area contributed by atoms with Gasteiger partial charge in [0, 0.05) is 35.2 Å². The average Bonchev–Trinajstić information content (AvgIpc) is 2.48. The monoisotopic (exact) mass is 348 g/mol. The van der Waals surface area contributed by atoms with Crippen LogP contribution in [0.3, 0.4) is 0 Å². The molecule has 2 aromatic rings. The van der Waals surface area contributed by atoms with Crippen molar-refractivity contribution >= 4 is 21.7 Å². The molecule has 1 aliphatic heterocycles. The third-order valence-corrected chi connectivity index (χ3v) is 4.25. The first-order valence-corrected chi connectivity index (χ1v) is 7.59. The van der Waals surface area contributed by atoms with E-state index >= 15 is 0 Å². The van der Waals surface area contributed by atoms with Crippen LogP contribution >= 0.6 is 15.9 Å². The highest BCUT2D eigenvalue weighted by atomic mass is 79.9. The number of anilines is 1. The van der Waals surface area contributed by atoms with Crippen molar-refractivity contribution in [2.45, 2.75) is 19.5 Å². The predicted molar refractivity (Wildman–Crippen MR) is 85.0 cm³/mol. The van der Waals surface area contributed by atoms with Gasteiger partial charge in [0.05, 0.1) is 12.8 Å². The molecule has 1 aromatic heterocycles. The van der Waals surface area contributed by atoms with E-state index in [2.05, 4.69) is 36.9 Å². The summed E-state index contributed by atoms with van der Waals surface area (Å²) in [7, 11) is 1.70. The summed E-state index contributed by atoms with van der Waals surface area (Å²) in [6.45, 7) is 2.56. The summed E-state index contributed by atoms with van der Waals surface area (Å²) in [6.07, 6.45) is 2.43. The standard InChI is InChI=1S/C15H17BrN4O/c1-21-14-3-2-11(16)6-10(14)7-20-5-4-12-13(8-20)18-9-19-15(12)17/h2-3,6,9H,4-5,7-8H2,1H3,(H2,17,18,19). The molecule has 0 fully saturated rings. The van der Waals surface area contributed by atoms with E-state index in [9.17, 15) is 0 Å². The van der Waals surface area contributed by atoms with Crippen LogP contribution in [0, 0.1) is 0 Å². The maximum absolute atomic E-state index is 5.91. The lowest BCUT2D eigenvalue weighted by Gasteiger charge is -2.28. The summed E-state index contributed by atoms with van der Waals surface area (Å²) in [4.78, 5) is 10.8. The number of rotatable bonds is 3. The zero-order valence-electron chi connectivity index (χ0n) is 11.8. The Labute approximate surface area is 132 Å². The summed E-state index contributed by atoms with van der Waals surface area (Å²) in [6, 6.07) is 6.07. The molecule has 6 heteroatoms. The molecule has 110 valence electrons. The van der Waals surface area contributed by atoms with Gasteiger partial charge in [-0.05, 0) is 24.6 Å². The summed E-state index contributed by atoms with van der Waals surface area (Å²) >= 11 is 3.51. The molecule has 2 heterocycles. The summed E-state index contributed by atoms with van der Waals surface area (Å²) in [5.74, 6) is 1.52. The normalized spacial score (nSPS) is 14.8. The second-order valence-electron chi connectivity index (χ2n) is 5.10. The number of hydrogen-bond acceptors (Lipinski definition) is 5. The van der Waals surface area contributed by atoms with E-state index in [1.165, 1.54) is 6.33 Å². The lowest BCUT2D eigenvalue weighted by molar-refractivity contribution is 0.238. The lowest BCUT2D eigenvalue weighted by atomic mass is 10.0. The van der Waals surface area contributed by atoms with Crippen LogP contribution in [0.15, 0.2) is 29.0 Å². The first-order chi connectivity index (χ1) is 10.2. The molecule has 0 spiro atoms. The van der Waals surface area contributed by atoms with Crippen LogP contribution < -0.4 is 10.5 Å². The summed E-state index contributed by atoms with van der Waals surface area (Å²) < 4.78 is 6.49. The van der Waals surface area contributed by atoms with Crippen LogP contribution in [0.4, 0.5) is 5.82 Å². The Morgan fingerprint density at radius 3 is 3.05 bits per heavy atom. The number of nitrogens with two attached hydrogens (primary N) is 1. The fourth-order valence-electron chi connectivity index (χ4n) is 2.68. The zero-order valence-corrected chi connectivity index (χ0v) is 13.4. The fraction of sp³-hybridized carbons (Fsp3) is 0.333. The van der Waals surface area contributed by atoms with E-state index in [0.29, 0.717) is 5.82 Å². The van der Waals surface area contributed by atoms with Gasteiger partial charge in [-0.1, -0.05) is 15.9 Å². The second-order valence-corrected chi connectivity index (χ2v) is 6.02. The number of nitrogens with zero attached hydrogens (tertiary/aromatic N) is 3. The van der Waals surface area contributed by atoms with Crippen molar-refractivity contribution in [2.24, 2.45) is 0 Å². The van der Waals surface area contributed by atoms with Crippen LogP contribution in [-0.2, 0) is 19.5 Å². The Balaban J connectivity index is 1.80. The number of benzene rings is 1. The molecule has 21 heavy (non-hydrogen) atoms. The van der Waals surface area contributed by atoms with E-state index in [0.717, 1.165) is 53.1 Å². The van der Waals surface area contributed by atoms with Crippen molar-refractivity contribution in [3.8, 4) is 5.75 Å². The van der Waals surface area contributed by atoms with E-state index < -0.39 is 0 Å². The molecule has 1 aliphatic rings. The maximum Gasteiger partial charge on any atom is 0.130 e. The SMILES string of the molecule is COc1ccc(Br)cc1CN1CCc2c(N)ncnc2C1. The lowest BCUT2D eigenvalue weighted by Crippen LogP contribution is -2.31. The van der Waals surface area contributed by atoms with Crippen molar-refractivity contribution < 1.29 is 4.74 Å². The highest BCUT2D eigenvalue weighted by molar-refractivity contribution is 9.10. The second kappa shape index (κ2) is 5.99. The molecule has 0 amide bonds. The van der Waals surface area contributed by atoms with Gasteiger partial charge in [-0.25, -0.2) is 9.97 Å². The van der Waals surface area contributed by atoms with Gasteiger partial charge in [0.2, 0.25) is 0 Å². The van der Waals surface area contributed by atoms with Gasteiger partial charge in [-0.2, -0.15) is 0 Å². The van der Waals surface area contributed by atoms with E-state index in [-0.39, 0.29) is 0 Å². The van der Waals surface area contributed by atoms with Crippen molar-refractivity contribution in [3.63, 3.8) is 0 Å². The summed E-state index contributed by atoms with van der Waals surface area (Å²) in [5.41, 5.74) is 9.20. The molecule has 1 aromatic carbocycles. The van der Waals surface area contributed by atoms with Crippen LogP contribution in [0.5, 0.6) is 5.75 Å². The minimum absolute atomic E-state index is 0.611. The molecular weight excluding hydrogens is 332 g/mol. The van der Waals surface area contributed by atoms with Gasteiger partial charge in [0.25, 0.3) is 0 Å². The number of ether oxygens (including phenoxy) is 1. The van der Waals surface area contributed by atoms with Crippen molar-refractivity contribution in [1.29, 1.82) is 0 Å². The molecule has 0 saturated heterocycles. The molecule has 0 atom stereocenters. The molecule has 0 unspecified atom stereocenters. The Hall–Kier alpha value is -1.66. The molecule has 0 radical (unpaired) electrons. The highest BCUT2D eigenvalue weighted by Gasteiger charge is 2.20. The van der Waals surface area contributed by atoms with Crippen molar-refractivity contribution in [1.82, 2.24) is 14.9 Å². The van der Waals surface area contributed by atoms with Gasteiger partial charge in [-0.15, -0.1) is 0 Å². The molecule has 2 N–H and O–H groups in total. The molecule has 0 bridgehead atoms. The highest BCUT2D eigenvalue weighted by Crippen LogP contribution is 2.27. The smallest absolute Gasteiger partial charge is 0.130 e. The fourth-order valence-corrected chi connectivity index (χ4v) is 3.09. The Morgan fingerprint density at radius 1 is 1.38 bits per heavy atom. The largest absolute Gasteiger partial charge is 0.496 e. The van der Waals surface area contributed by atoms with Crippen molar-refractivity contribution in [3.05, 3.63) is 45.8 Å². The van der Waals surface area contributed by atoms with Crippen LogP contribution in [0.2, 0.25) is 0 Å². The third kappa shape index (κ3) is 3.01. The minimum atomic E-state index is 0.611. The summed E-state index contributed by atoms with van der Waals surface area (Å²) in [5, 5.41) is 0. The van der Waals surface area contributed by atoms with Gasteiger partial charge < -0.3 is 10.5 Å². The van der Waals surface area contributed by atoms with Gasteiger partial charge in [-0.3, -0.25) is 4.90 Å². The van der Waals surface area contributed by atoms with E-state index in [1.807, 2.05) is 12.1 Å². The molecule has 3 rings (SSSR count). The first kappa shape index (κ1) is 14.3. The quantitative estimate of drug-likeness (QED) is 0.922. The number of halogens is 1. The van der Waals surface area contributed by atoms with Crippen LogP contribution in [-0.4, -0.2) is 28.5 Å². The predicted octanol–water partition coefficient (Wildman–Crippen LogP) is 2.39. The Morgan fingerprint density at radius 2 is 2.24 bits per heavy atom. The van der Waals surface area contributed by atoms with E-state index in [1.54, 1.807) is 7.11 Å². The van der Waals surface area contributed by atoms with Gasteiger partial charge in [0.1, 0.15) is 17.9 Å². The van der Waals surface area contributed by atoms with Gasteiger partial charge in [0.15, 0.2) is 0 Å².